The number of nitrogens with zero attached hydrogens (tertiary/aromatic N) is 1. The van der Waals surface area contributed by atoms with E-state index in [9.17, 15) is 4.79 Å². The summed E-state index contributed by atoms with van der Waals surface area (Å²) in [4.78, 5) is 12.4. The Balaban J connectivity index is 2.91. The predicted molar refractivity (Wildman–Crippen MR) is 61.1 cm³/mol. The number of hydrogen-bond acceptors (Lipinski definition) is 4. The van der Waals surface area contributed by atoms with E-state index in [2.05, 4.69) is 16.7 Å². The van der Waals surface area contributed by atoms with E-state index >= 15 is 0 Å². The van der Waals surface area contributed by atoms with Crippen LogP contribution in [0.5, 0.6) is 0 Å². The maximum absolute atomic E-state index is 11.3. The SMILES string of the molecule is CNCC(=O)Nc1sc(C)c(C)c1C#N. The molecule has 1 rings (SSSR count). The Morgan fingerprint density at radius 3 is 2.73 bits per heavy atom. The zero-order chi connectivity index (χ0) is 11.4. The van der Waals surface area contributed by atoms with Gasteiger partial charge < -0.3 is 10.6 Å². The lowest BCUT2D eigenvalue weighted by molar-refractivity contribution is -0.115. The van der Waals surface area contributed by atoms with Crippen molar-refractivity contribution in [1.82, 2.24) is 5.32 Å². The highest BCUT2D eigenvalue weighted by molar-refractivity contribution is 7.16. The van der Waals surface area contributed by atoms with Crippen LogP contribution in [-0.4, -0.2) is 19.5 Å². The summed E-state index contributed by atoms with van der Waals surface area (Å²) in [5, 5.41) is 15.1. The predicted octanol–water partition coefficient (Wildman–Crippen LogP) is 1.39. The van der Waals surface area contributed by atoms with Crippen LogP contribution in [0.15, 0.2) is 0 Å². The van der Waals surface area contributed by atoms with E-state index < -0.39 is 0 Å². The summed E-state index contributed by atoms with van der Waals surface area (Å²) in [7, 11) is 1.70. The first-order valence-corrected chi connectivity index (χ1v) is 5.36. The Hall–Kier alpha value is -1.38. The molecule has 1 heterocycles. The Morgan fingerprint density at radius 1 is 1.53 bits per heavy atom. The van der Waals surface area contributed by atoms with Crippen LogP contribution in [-0.2, 0) is 4.79 Å². The van der Waals surface area contributed by atoms with Crippen molar-refractivity contribution < 1.29 is 4.79 Å². The molecule has 0 saturated carbocycles. The quantitative estimate of drug-likeness (QED) is 0.814. The summed E-state index contributed by atoms with van der Waals surface area (Å²) in [5.41, 5.74) is 1.52. The van der Waals surface area contributed by atoms with Gasteiger partial charge >= 0.3 is 0 Å². The number of likely N-dealkylation sites (N-methyl/N-ethyl adjacent to an activating group) is 1. The minimum atomic E-state index is -0.129. The molecule has 0 bridgehead atoms. The van der Waals surface area contributed by atoms with Crippen molar-refractivity contribution >= 4 is 22.2 Å². The van der Waals surface area contributed by atoms with Crippen LogP contribution < -0.4 is 10.6 Å². The van der Waals surface area contributed by atoms with Crippen LogP contribution in [0.4, 0.5) is 5.00 Å². The average molecular weight is 223 g/mol. The highest BCUT2D eigenvalue weighted by Gasteiger charge is 2.13. The van der Waals surface area contributed by atoms with Gasteiger partial charge in [0, 0.05) is 4.88 Å². The number of amides is 1. The van der Waals surface area contributed by atoms with E-state index in [0.717, 1.165) is 10.4 Å². The molecule has 1 aromatic rings. The van der Waals surface area contributed by atoms with Gasteiger partial charge in [0.05, 0.1) is 12.1 Å². The first kappa shape index (κ1) is 11.7. The first-order valence-electron chi connectivity index (χ1n) is 4.54. The van der Waals surface area contributed by atoms with Gasteiger partial charge in [-0.15, -0.1) is 11.3 Å². The first-order chi connectivity index (χ1) is 7.10. The third-order valence-corrected chi connectivity index (χ3v) is 3.21. The second-order valence-electron chi connectivity index (χ2n) is 3.18. The van der Waals surface area contributed by atoms with Crippen molar-refractivity contribution in [1.29, 1.82) is 5.26 Å². The Labute approximate surface area is 92.9 Å². The molecule has 0 unspecified atom stereocenters. The average Bonchev–Trinajstić information content (AvgIpc) is 2.42. The summed E-state index contributed by atoms with van der Waals surface area (Å²) >= 11 is 1.44. The Bertz CT molecular complexity index is 417. The van der Waals surface area contributed by atoms with Crippen LogP contribution in [0.1, 0.15) is 16.0 Å². The molecular weight excluding hydrogens is 210 g/mol. The minimum Gasteiger partial charge on any atom is -0.315 e. The van der Waals surface area contributed by atoms with Crippen molar-refractivity contribution in [3.63, 3.8) is 0 Å². The topological polar surface area (TPSA) is 64.9 Å². The number of carbonyl (C=O) groups is 1. The summed E-state index contributed by atoms with van der Waals surface area (Å²) in [5.74, 6) is -0.129. The molecule has 0 saturated heterocycles. The minimum absolute atomic E-state index is 0.129. The molecule has 80 valence electrons. The largest absolute Gasteiger partial charge is 0.315 e. The summed E-state index contributed by atoms with van der Waals surface area (Å²) in [6.45, 7) is 4.08. The molecule has 5 heteroatoms. The van der Waals surface area contributed by atoms with Crippen LogP contribution in [0.2, 0.25) is 0 Å². The maximum atomic E-state index is 11.3. The summed E-state index contributed by atoms with van der Waals surface area (Å²) in [6.07, 6.45) is 0. The van der Waals surface area contributed by atoms with Gasteiger partial charge in [-0.2, -0.15) is 5.26 Å². The van der Waals surface area contributed by atoms with Gasteiger partial charge in [0.15, 0.2) is 0 Å². The molecule has 4 nitrogen and oxygen atoms in total. The van der Waals surface area contributed by atoms with E-state index in [1.165, 1.54) is 11.3 Å². The molecule has 1 aromatic heterocycles. The molecule has 0 aliphatic carbocycles. The molecule has 0 aliphatic rings. The third kappa shape index (κ3) is 2.55. The highest BCUT2D eigenvalue weighted by Crippen LogP contribution is 2.31. The van der Waals surface area contributed by atoms with E-state index in [-0.39, 0.29) is 12.5 Å². The molecule has 2 N–H and O–H groups in total. The fourth-order valence-electron chi connectivity index (χ4n) is 1.18. The monoisotopic (exact) mass is 223 g/mol. The number of carbonyl (C=O) groups excluding carboxylic acids is 1. The molecule has 0 radical (unpaired) electrons. The maximum Gasteiger partial charge on any atom is 0.238 e. The second-order valence-corrected chi connectivity index (χ2v) is 4.40. The van der Waals surface area contributed by atoms with Gasteiger partial charge in [0.25, 0.3) is 0 Å². The normalized spacial score (nSPS) is 9.73. The highest BCUT2D eigenvalue weighted by atomic mass is 32.1. The third-order valence-electron chi connectivity index (χ3n) is 2.09. The molecular formula is C10H13N3OS. The number of nitrogens with one attached hydrogen (secondary N) is 2. The number of rotatable bonds is 3. The summed E-state index contributed by atoms with van der Waals surface area (Å²) in [6, 6.07) is 2.11. The lowest BCUT2D eigenvalue weighted by atomic mass is 10.2. The number of hydrogen-bond donors (Lipinski definition) is 2. The smallest absolute Gasteiger partial charge is 0.238 e. The number of anilines is 1. The number of nitriles is 1. The van der Waals surface area contributed by atoms with Crippen LogP contribution in [0.25, 0.3) is 0 Å². The van der Waals surface area contributed by atoms with Gasteiger partial charge in [-0.05, 0) is 26.5 Å². The van der Waals surface area contributed by atoms with Gasteiger partial charge in [-0.25, -0.2) is 0 Å². The van der Waals surface area contributed by atoms with Gasteiger partial charge in [-0.3, -0.25) is 4.79 Å². The van der Waals surface area contributed by atoms with E-state index in [4.69, 9.17) is 5.26 Å². The van der Waals surface area contributed by atoms with Crippen molar-refractivity contribution in [3.8, 4) is 6.07 Å². The van der Waals surface area contributed by atoms with Crippen LogP contribution in [0.3, 0.4) is 0 Å². The fourth-order valence-corrected chi connectivity index (χ4v) is 2.21. The molecule has 0 spiro atoms. The van der Waals surface area contributed by atoms with Crippen LogP contribution in [0, 0.1) is 25.2 Å². The molecule has 0 aliphatic heterocycles. The lowest BCUT2D eigenvalue weighted by Gasteiger charge is -2.01. The van der Waals surface area contributed by atoms with Crippen molar-refractivity contribution in [2.75, 3.05) is 18.9 Å². The fraction of sp³-hybridized carbons (Fsp3) is 0.400. The van der Waals surface area contributed by atoms with Crippen molar-refractivity contribution in [3.05, 3.63) is 16.0 Å². The van der Waals surface area contributed by atoms with Gasteiger partial charge in [0.2, 0.25) is 5.91 Å². The van der Waals surface area contributed by atoms with Gasteiger partial charge in [0.1, 0.15) is 11.1 Å². The Kier molecular flexibility index (Phi) is 3.83. The molecule has 15 heavy (non-hydrogen) atoms. The zero-order valence-corrected chi connectivity index (χ0v) is 9.79. The van der Waals surface area contributed by atoms with E-state index in [1.54, 1.807) is 7.05 Å². The number of thiophene rings is 1. The second kappa shape index (κ2) is 4.91. The zero-order valence-electron chi connectivity index (χ0n) is 8.97. The van der Waals surface area contributed by atoms with E-state index in [1.807, 2.05) is 13.8 Å². The number of aryl methyl sites for hydroxylation is 1. The standard InChI is InChI=1S/C10H13N3OS/c1-6-7(2)15-10(8(6)4-11)13-9(14)5-12-3/h12H,5H2,1-3H3,(H,13,14). The Morgan fingerprint density at radius 2 is 2.20 bits per heavy atom. The molecule has 1 amide bonds. The molecule has 0 fully saturated rings. The van der Waals surface area contributed by atoms with Crippen LogP contribution >= 0.6 is 11.3 Å². The van der Waals surface area contributed by atoms with Gasteiger partial charge in [-0.1, -0.05) is 0 Å². The summed E-state index contributed by atoms with van der Waals surface area (Å²) < 4.78 is 0. The molecule has 0 aromatic carbocycles. The van der Waals surface area contributed by atoms with Crippen molar-refractivity contribution in [2.24, 2.45) is 0 Å². The lowest BCUT2D eigenvalue weighted by Crippen LogP contribution is -2.24. The van der Waals surface area contributed by atoms with E-state index in [0.29, 0.717) is 10.6 Å². The van der Waals surface area contributed by atoms with Crippen molar-refractivity contribution in [2.45, 2.75) is 13.8 Å². The molecule has 0 atom stereocenters.